The molecule has 0 radical (unpaired) electrons. The third-order valence-electron chi connectivity index (χ3n) is 6.65. The van der Waals surface area contributed by atoms with Crippen molar-refractivity contribution in [1.29, 1.82) is 0 Å². The summed E-state index contributed by atoms with van der Waals surface area (Å²) in [6.07, 6.45) is 13.9. The molecule has 0 aliphatic carbocycles. The normalized spacial score (nSPS) is 20.3. The van der Waals surface area contributed by atoms with E-state index in [1.807, 2.05) is 0 Å². The molecule has 0 saturated carbocycles. The van der Waals surface area contributed by atoms with Crippen LogP contribution in [-0.4, -0.2) is 62.3 Å². The number of likely N-dealkylation sites (tertiary alicyclic amines) is 1. The van der Waals surface area contributed by atoms with Crippen LogP contribution < -0.4 is 0 Å². The van der Waals surface area contributed by atoms with Gasteiger partial charge in [0, 0.05) is 13.1 Å². The number of ether oxygens (including phenoxy) is 1. The first-order valence-electron chi connectivity index (χ1n) is 12.0. The lowest BCUT2D eigenvalue weighted by Gasteiger charge is -2.28. The third-order valence-corrected chi connectivity index (χ3v) is 6.65. The SMILES string of the molecule is c1ccc(CCCC(CCCN2CCCCC2)CCCN2CCOCC2)cc1. The Hall–Kier alpha value is -0.900. The van der Waals surface area contributed by atoms with Crippen LogP contribution in [0.3, 0.4) is 0 Å². The average Bonchev–Trinajstić information content (AvgIpc) is 2.76. The highest BCUT2D eigenvalue weighted by Gasteiger charge is 2.14. The largest absolute Gasteiger partial charge is 0.379 e. The highest BCUT2D eigenvalue weighted by Crippen LogP contribution is 2.22. The van der Waals surface area contributed by atoms with E-state index < -0.39 is 0 Å². The summed E-state index contributed by atoms with van der Waals surface area (Å²) in [5.41, 5.74) is 1.50. The molecule has 0 bridgehead atoms. The Morgan fingerprint density at radius 2 is 1.32 bits per heavy atom. The van der Waals surface area contributed by atoms with Gasteiger partial charge in [0.05, 0.1) is 13.2 Å². The molecule has 2 heterocycles. The summed E-state index contributed by atoms with van der Waals surface area (Å²) in [6, 6.07) is 11.0. The number of rotatable bonds is 12. The lowest BCUT2D eigenvalue weighted by Crippen LogP contribution is -2.36. The standard InChI is InChI=1S/C25H42N2O/c1-3-10-24(11-4-1)12-7-13-25(14-8-18-26-16-5-2-6-17-26)15-9-19-27-20-22-28-23-21-27/h1,3-4,10-11,25H,2,5-9,12-23H2. The fourth-order valence-corrected chi connectivity index (χ4v) is 4.89. The Bertz CT molecular complexity index is 471. The van der Waals surface area contributed by atoms with Crippen LogP contribution in [0.5, 0.6) is 0 Å². The third kappa shape index (κ3) is 8.63. The van der Waals surface area contributed by atoms with Crippen LogP contribution in [0.2, 0.25) is 0 Å². The zero-order chi connectivity index (χ0) is 19.3. The lowest BCUT2D eigenvalue weighted by molar-refractivity contribution is 0.0365. The maximum absolute atomic E-state index is 5.49. The van der Waals surface area contributed by atoms with Gasteiger partial charge in [-0.25, -0.2) is 0 Å². The van der Waals surface area contributed by atoms with E-state index >= 15 is 0 Å². The van der Waals surface area contributed by atoms with Crippen LogP contribution in [-0.2, 0) is 11.2 Å². The number of hydrogen-bond acceptors (Lipinski definition) is 3. The molecule has 0 amide bonds. The predicted octanol–water partition coefficient (Wildman–Crippen LogP) is 5.00. The van der Waals surface area contributed by atoms with Crippen molar-refractivity contribution >= 4 is 0 Å². The second-order valence-corrected chi connectivity index (χ2v) is 8.88. The number of nitrogens with zero attached hydrogens (tertiary/aromatic N) is 2. The summed E-state index contributed by atoms with van der Waals surface area (Å²) in [5, 5.41) is 0. The molecule has 1 aromatic rings. The molecule has 158 valence electrons. The van der Waals surface area contributed by atoms with Crippen LogP contribution in [0.4, 0.5) is 0 Å². The van der Waals surface area contributed by atoms with Gasteiger partial charge in [-0.3, -0.25) is 4.90 Å². The molecule has 2 saturated heterocycles. The summed E-state index contributed by atoms with van der Waals surface area (Å²) in [6.45, 7) is 9.41. The van der Waals surface area contributed by atoms with E-state index in [-0.39, 0.29) is 0 Å². The minimum atomic E-state index is 0.912. The van der Waals surface area contributed by atoms with Crippen molar-refractivity contribution in [2.24, 2.45) is 5.92 Å². The molecular weight excluding hydrogens is 344 g/mol. The van der Waals surface area contributed by atoms with Gasteiger partial charge in [0.25, 0.3) is 0 Å². The minimum absolute atomic E-state index is 0.912. The molecule has 3 rings (SSSR count). The van der Waals surface area contributed by atoms with Crippen molar-refractivity contribution < 1.29 is 4.74 Å². The smallest absolute Gasteiger partial charge is 0.0594 e. The van der Waals surface area contributed by atoms with Gasteiger partial charge in [-0.2, -0.15) is 0 Å². The van der Waals surface area contributed by atoms with Crippen LogP contribution >= 0.6 is 0 Å². The number of aryl methyl sites for hydroxylation is 1. The molecule has 0 spiro atoms. The highest BCUT2D eigenvalue weighted by atomic mass is 16.5. The zero-order valence-corrected chi connectivity index (χ0v) is 18.0. The maximum atomic E-state index is 5.49. The van der Waals surface area contributed by atoms with E-state index in [1.54, 1.807) is 0 Å². The van der Waals surface area contributed by atoms with Gasteiger partial charge in [0.1, 0.15) is 0 Å². The van der Waals surface area contributed by atoms with E-state index in [4.69, 9.17) is 4.74 Å². The second kappa shape index (κ2) is 13.3. The van der Waals surface area contributed by atoms with Crippen LogP contribution in [0, 0.1) is 5.92 Å². The lowest BCUT2D eigenvalue weighted by atomic mass is 9.91. The van der Waals surface area contributed by atoms with Crippen molar-refractivity contribution in [3.8, 4) is 0 Å². The van der Waals surface area contributed by atoms with Crippen molar-refractivity contribution in [1.82, 2.24) is 9.80 Å². The van der Waals surface area contributed by atoms with Gasteiger partial charge in [-0.05, 0) is 89.0 Å². The van der Waals surface area contributed by atoms with E-state index in [9.17, 15) is 0 Å². The van der Waals surface area contributed by atoms with Crippen molar-refractivity contribution in [3.63, 3.8) is 0 Å². The Kier molecular flexibility index (Phi) is 10.4. The van der Waals surface area contributed by atoms with Gasteiger partial charge in [-0.15, -0.1) is 0 Å². The number of morpholine rings is 1. The van der Waals surface area contributed by atoms with E-state index in [1.165, 1.54) is 96.0 Å². The molecule has 1 atom stereocenters. The summed E-state index contributed by atoms with van der Waals surface area (Å²) in [5.74, 6) is 0.912. The monoisotopic (exact) mass is 386 g/mol. The Morgan fingerprint density at radius 1 is 0.714 bits per heavy atom. The van der Waals surface area contributed by atoms with Crippen LogP contribution in [0.15, 0.2) is 30.3 Å². The first kappa shape index (κ1) is 21.8. The maximum Gasteiger partial charge on any atom is 0.0594 e. The summed E-state index contributed by atoms with van der Waals surface area (Å²) < 4.78 is 5.49. The van der Waals surface area contributed by atoms with Gasteiger partial charge in [0.2, 0.25) is 0 Å². The highest BCUT2D eigenvalue weighted by molar-refractivity contribution is 5.14. The van der Waals surface area contributed by atoms with E-state index in [0.29, 0.717) is 0 Å². The fraction of sp³-hybridized carbons (Fsp3) is 0.760. The Labute approximate surface area is 173 Å². The van der Waals surface area contributed by atoms with Crippen molar-refractivity contribution in [2.45, 2.75) is 64.2 Å². The predicted molar refractivity (Wildman–Crippen MR) is 119 cm³/mol. The van der Waals surface area contributed by atoms with Gasteiger partial charge < -0.3 is 9.64 Å². The second-order valence-electron chi connectivity index (χ2n) is 8.88. The molecule has 1 unspecified atom stereocenters. The molecule has 3 heteroatoms. The quantitative estimate of drug-likeness (QED) is 0.502. The zero-order valence-electron chi connectivity index (χ0n) is 18.0. The minimum Gasteiger partial charge on any atom is -0.379 e. The summed E-state index contributed by atoms with van der Waals surface area (Å²) in [4.78, 5) is 5.30. The molecule has 0 aromatic heterocycles. The first-order valence-corrected chi connectivity index (χ1v) is 12.0. The van der Waals surface area contributed by atoms with E-state index in [2.05, 4.69) is 40.1 Å². The molecule has 0 N–H and O–H groups in total. The molecular formula is C25H42N2O. The van der Waals surface area contributed by atoms with E-state index in [0.717, 1.165) is 32.2 Å². The van der Waals surface area contributed by atoms with Gasteiger partial charge in [-0.1, -0.05) is 43.2 Å². The Morgan fingerprint density at radius 3 is 2.00 bits per heavy atom. The Balaban J connectivity index is 1.36. The van der Waals surface area contributed by atoms with Crippen molar-refractivity contribution in [3.05, 3.63) is 35.9 Å². The molecule has 1 aromatic carbocycles. The molecule has 2 aliphatic heterocycles. The van der Waals surface area contributed by atoms with Crippen LogP contribution in [0.1, 0.15) is 63.4 Å². The number of piperidine rings is 1. The summed E-state index contributed by atoms with van der Waals surface area (Å²) in [7, 11) is 0. The first-order chi connectivity index (χ1) is 13.9. The average molecular weight is 387 g/mol. The molecule has 3 nitrogen and oxygen atoms in total. The molecule has 2 fully saturated rings. The van der Waals surface area contributed by atoms with Crippen molar-refractivity contribution in [2.75, 3.05) is 52.5 Å². The topological polar surface area (TPSA) is 15.7 Å². The number of hydrogen-bond donors (Lipinski definition) is 0. The summed E-state index contributed by atoms with van der Waals surface area (Å²) >= 11 is 0. The van der Waals surface area contributed by atoms with Gasteiger partial charge >= 0.3 is 0 Å². The molecule has 28 heavy (non-hydrogen) atoms. The fourth-order valence-electron chi connectivity index (χ4n) is 4.89. The molecule has 2 aliphatic rings. The van der Waals surface area contributed by atoms with Crippen LogP contribution in [0.25, 0.3) is 0 Å². The number of benzene rings is 1. The van der Waals surface area contributed by atoms with Gasteiger partial charge in [0.15, 0.2) is 0 Å².